The third kappa shape index (κ3) is 2.61. The van der Waals surface area contributed by atoms with Gasteiger partial charge in [-0.05, 0) is 0 Å². The Bertz CT molecular complexity index is 490. The number of imidazole rings is 1. The Kier molecular flexibility index (Phi) is 3.38. The van der Waals surface area contributed by atoms with Gasteiger partial charge in [-0.25, -0.2) is 18.2 Å². The van der Waals surface area contributed by atoms with E-state index in [2.05, 4.69) is 9.97 Å². The number of H-pyrrole nitrogens is 1. The lowest BCUT2D eigenvalue weighted by Gasteiger charge is -2.10. The van der Waals surface area contributed by atoms with Crippen LogP contribution in [0.5, 0.6) is 0 Å². The van der Waals surface area contributed by atoms with E-state index in [1.54, 1.807) is 6.20 Å². The quantitative estimate of drug-likeness (QED) is 0.843. The van der Waals surface area contributed by atoms with Gasteiger partial charge in [-0.1, -0.05) is 0 Å². The van der Waals surface area contributed by atoms with Crippen molar-refractivity contribution in [2.45, 2.75) is 11.8 Å². The van der Waals surface area contributed by atoms with Crippen molar-refractivity contribution in [3.05, 3.63) is 53.4 Å². The molecule has 17 heavy (non-hydrogen) atoms. The monoisotopic (exact) mass is 260 g/mol. The van der Waals surface area contributed by atoms with Gasteiger partial charge in [-0.2, -0.15) is 0 Å². The molecule has 0 aliphatic carbocycles. The van der Waals surface area contributed by atoms with E-state index in [4.69, 9.17) is 11.6 Å². The normalized spacial score (nSPS) is 12.7. The Hall–Kier alpha value is -1.49. The number of benzene rings is 1. The summed E-state index contributed by atoms with van der Waals surface area (Å²) in [5, 5.41) is -0.943. The summed E-state index contributed by atoms with van der Waals surface area (Å²) in [5.74, 6) is -2.44. The summed E-state index contributed by atoms with van der Waals surface area (Å²) in [4.78, 5) is 6.67. The lowest BCUT2D eigenvalue weighted by Crippen LogP contribution is -2.04. The Morgan fingerprint density at radius 1 is 1.24 bits per heavy atom. The molecule has 1 aromatic carbocycles. The van der Waals surface area contributed by atoms with Crippen LogP contribution >= 0.6 is 11.6 Å². The molecule has 1 aromatic heterocycles. The predicted octanol–water partition coefficient (Wildman–Crippen LogP) is 3.35. The summed E-state index contributed by atoms with van der Waals surface area (Å²) < 4.78 is 39.5. The van der Waals surface area contributed by atoms with Gasteiger partial charge in [0.15, 0.2) is 0 Å². The Morgan fingerprint density at radius 2 is 1.88 bits per heavy atom. The fourth-order valence-corrected chi connectivity index (χ4v) is 1.89. The van der Waals surface area contributed by atoms with E-state index in [-0.39, 0.29) is 12.0 Å². The van der Waals surface area contributed by atoms with Crippen LogP contribution < -0.4 is 0 Å². The molecule has 1 atom stereocenters. The van der Waals surface area contributed by atoms with Crippen LogP contribution in [0.4, 0.5) is 13.2 Å². The maximum atomic E-state index is 13.4. The molecule has 0 aliphatic rings. The van der Waals surface area contributed by atoms with Gasteiger partial charge < -0.3 is 4.98 Å². The first-order valence-electron chi connectivity index (χ1n) is 4.84. The lowest BCUT2D eigenvalue weighted by molar-refractivity contribution is 0.519. The van der Waals surface area contributed by atoms with Crippen LogP contribution in [0.2, 0.25) is 0 Å². The van der Waals surface area contributed by atoms with Crippen LogP contribution in [0.15, 0.2) is 24.5 Å². The van der Waals surface area contributed by atoms with Crippen molar-refractivity contribution in [2.75, 3.05) is 0 Å². The zero-order valence-electron chi connectivity index (χ0n) is 8.55. The number of nitrogens with one attached hydrogen (secondary N) is 1. The molecule has 0 aliphatic heterocycles. The fraction of sp³-hybridized carbons (Fsp3) is 0.182. The van der Waals surface area contributed by atoms with E-state index in [1.807, 2.05) is 0 Å². The topological polar surface area (TPSA) is 28.7 Å². The van der Waals surface area contributed by atoms with Gasteiger partial charge in [-0.15, -0.1) is 11.6 Å². The smallest absolute Gasteiger partial charge is 0.133 e. The van der Waals surface area contributed by atoms with Gasteiger partial charge in [0.2, 0.25) is 0 Å². The number of hydrogen-bond donors (Lipinski definition) is 1. The average Bonchev–Trinajstić information content (AvgIpc) is 2.68. The molecule has 0 saturated heterocycles. The Balaban J connectivity index is 2.27. The molecule has 90 valence electrons. The van der Waals surface area contributed by atoms with Gasteiger partial charge in [0.05, 0.1) is 5.38 Å². The van der Waals surface area contributed by atoms with Crippen molar-refractivity contribution >= 4 is 11.6 Å². The minimum absolute atomic E-state index is 0.133. The van der Waals surface area contributed by atoms with Crippen LogP contribution in [0.25, 0.3) is 0 Å². The first-order chi connectivity index (χ1) is 8.08. The molecule has 2 rings (SSSR count). The van der Waals surface area contributed by atoms with Crippen molar-refractivity contribution in [1.82, 2.24) is 9.97 Å². The third-order valence-corrected chi connectivity index (χ3v) is 2.66. The number of alkyl halides is 1. The molecule has 1 heterocycles. The van der Waals surface area contributed by atoms with Crippen LogP contribution in [0.1, 0.15) is 16.8 Å². The van der Waals surface area contributed by atoms with Crippen LogP contribution in [0.3, 0.4) is 0 Å². The number of aromatic nitrogens is 2. The summed E-state index contributed by atoms with van der Waals surface area (Å²) in [6.07, 6.45) is 3.22. The highest BCUT2D eigenvalue weighted by molar-refractivity contribution is 6.20. The van der Waals surface area contributed by atoms with E-state index >= 15 is 0 Å². The van der Waals surface area contributed by atoms with E-state index in [0.717, 1.165) is 0 Å². The molecule has 0 amide bonds. The Labute approximate surface area is 100 Å². The number of halogens is 4. The number of nitrogens with zero attached hydrogens (tertiary/aromatic N) is 1. The average molecular weight is 261 g/mol. The van der Waals surface area contributed by atoms with Gasteiger partial charge in [0.25, 0.3) is 0 Å². The molecule has 0 fully saturated rings. The van der Waals surface area contributed by atoms with E-state index in [0.29, 0.717) is 18.0 Å². The molecule has 0 radical (unpaired) electrons. The molecule has 0 bridgehead atoms. The second-order valence-electron chi connectivity index (χ2n) is 3.49. The molecular weight excluding hydrogens is 253 g/mol. The van der Waals surface area contributed by atoms with Crippen molar-refractivity contribution in [3.8, 4) is 0 Å². The predicted molar refractivity (Wildman–Crippen MR) is 57.2 cm³/mol. The summed E-state index contributed by atoms with van der Waals surface area (Å²) in [7, 11) is 0. The summed E-state index contributed by atoms with van der Waals surface area (Å²) in [5.41, 5.74) is -0.343. The molecule has 0 saturated carbocycles. The SMILES string of the molecule is Fc1cc(F)c(C(Cl)Cc2ncc[nH]2)c(F)c1. The van der Waals surface area contributed by atoms with Gasteiger partial charge in [0, 0.05) is 36.5 Å². The molecule has 2 nitrogen and oxygen atoms in total. The fourth-order valence-electron chi connectivity index (χ4n) is 1.53. The van der Waals surface area contributed by atoms with E-state index in [9.17, 15) is 13.2 Å². The minimum atomic E-state index is -0.992. The summed E-state index contributed by atoms with van der Waals surface area (Å²) >= 11 is 5.90. The first kappa shape index (κ1) is 12.0. The maximum Gasteiger partial charge on any atom is 0.133 e. The van der Waals surface area contributed by atoms with Crippen molar-refractivity contribution < 1.29 is 13.2 Å². The molecular formula is C11H8ClF3N2. The molecule has 0 spiro atoms. The molecule has 2 aromatic rings. The van der Waals surface area contributed by atoms with Gasteiger partial charge in [0.1, 0.15) is 23.3 Å². The standard InChI is InChI=1S/C11H8ClF3N2/c12-7(5-10-16-1-2-17-10)11-8(14)3-6(13)4-9(11)15/h1-4,7H,5H2,(H,16,17). The maximum absolute atomic E-state index is 13.4. The van der Waals surface area contributed by atoms with Gasteiger partial charge in [-0.3, -0.25) is 0 Å². The number of hydrogen-bond acceptors (Lipinski definition) is 1. The van der Waals surface area contributed by atoms with Gasteiger partial charge >= 0.3 is 0 Å². The van der Waals surface area contributed by atoms with Crippen LogP contribution in [0, 0.1) is 17.5 Å². The zero-order valence-corrected chi connectivity index (χ0v) is 9.31. The van der Waals surface area contributed by atoms with Crippen molar-refractivity contribution in [3.63, 3.8) is 0 Å². The highest BCUT2D eigenvalue weighted by atomic mass is 35.5. The minimum Gasteiger partial charge on any atom is -0.349 e. The Morgan fingerprint density at radius 3 is 2.41 bits per heavy atom. The van der Waals surface area contributed by atoms with Crippen LogP contribution in [-0.2, 0) is 6.42 Å². The summed E-state index contributed by atoms with van der Waals surface area (Å²) in [6, 6.07) is 1.21. The van der Waals surface area contributed by atoms with Crippen LogP contribution in [-0.4, -0.2) is 9.97 Å². The lowest BCUT2D eigenvalue weighted by atomic mass is 10.1. The van der Waals surface area contributed by atoms with E-state index in [1.165, 1.54) is 6.20 Å². The molecule has 6 heteroatoms. The molecule has 1 N–H and O–H groups in total. The second-order valence-corrected chi connectivity index (χ2v) is 4.02. The highest BCUT2D eigenvalue weighted by Gasteiger charge is 2.20. The van der Waals surface area contributed by atoms with Crippen molar-refractivity contribution in [1.29, 1.82) is 0 Å². The highest BCUT2D eigenvalue weighted by Crippen LogP contribution is 2.29. The largest absolute Gasteiger partial charge is 0.349 e. The second kappa shape index (κ2) is 4.79. The van der Waals surface area contributed by atoms with E-state index < -0.39 is 22.8 Å². The first-order valence-corrected chi connectivity index (χ1v) is 5.28. The third-order valence-electron chi connectivity index (χ3n) is 2.28. The summed E-state index contributed by atoms with van der Waals surface area (Å²) in [6.45, 7) is 0. The molecule has 1 unspecified atom stereocenters. The number of aromatic amines is 1. The zero-order chi connectivity index (χ0) is 12.4. The number of rotatable bonds is 3. The van der Waals surface area contributed by atoms with Crippen molar-refractivity contribution in [2.24, 2.45) is 0 Å².